The number of hydrogen-bond acceptors (Lipinski definition) is 3. The molecule has 4 aromatic rings. The number of imidazole rings is 1. The van der Waals surface area contributed by atoms with E-state index in [1.54, 1.807) is 18.5 Å². The van der Waals surface area contributed by atoms with Gasteiger partial charge in [-0.3, -0.25) is 4.57 Å². The van der Waals surface area contributed by atoms with Crippen molar-refractivity contribution in [2.24, 2.45) is 0 Å². The van der Waals surface area contributed by atoms with Gasteiger partial charge in [0.1, 0.15) is 6.33 Å². The lowest BCUT2D eigenvalue weighted by Crippen LogP contribution is -1.94. The van der Waals surface area contributed by atoms with E-state index in [0.717, 1.165) is 27.8 Å². The molecular formula is C21H12N4. The van der Waals surface area contributed by atoms with Crippen LogP contribution in [0.1, 0.15) is 11.1 Å². The Bertz CT molecular complexity index is 1160. The largest absolute Gasteiger partial charge is 0.298 e. The highest BCUT2D eigenvalue weighted by molar-refractivity contribution is 5.94. The molecule has 0 radical (unpaired) electrons. The van der Waals surface area contributed by atoms with Gasteiger partial charge < -0.3 is 0 Å². The Morgan fingerprint density at radius 3 is 2.36 bits per heavy atom. The van der Waals surface area contributed by atoms with Gasteiger partial charge in [0.2, 0.25) is 0 Å². The summed E-state index contributed by atoms with van der Waals surface area (Å²) >= 11 is 0. The fraction of sp³-hybridized carbons (Fsp3) is 0. The monoisotopic (exact) mass is 320 g/mol. The Morgan fingerprint density at radius 1 is 0.800 bits per heavy atom. The van der Waals surface area contributed by atoms with Crippen molar-refractivity contribution in [2.45, 2.75) is 0 Å². The van der Waals surface area contributed by atoms with Crippen LogP contribution in [0.4, 0.5) is 0 Å². The fourth-order valence-corrected chi connectivity index (χ4v) is 2.97. The van der Waals surface area contributed by atoms with Gasteiger partial charge >= 0.3 is 0 Å². The molecule has 0 N–H and O–H groups in total. The molecule has 4 nitrogen and oxygen atoms in total. The lowest BCUT2D eigenvalue weighted by Gasteiger charge is -2.10. The van der Waals surface area contributed by atoms with Gasteiger partial charge in [-0.25, -0.2) is 4.98 Å². The normalized spacial score (nSPS) is 10.3. The molecular weight excluding hydrogens is 308 g/mol. The van der Waals surface area contributed by atoms with Gasteiger partial charge in [-0.15, -0.1) is 0 Å². The van der Waals surface area contributed by atoms with Crippen molar-refractivity contribution in [3.8, 4) is 29.0 Å². The number of benzene rings is 3. The topological polar surface area (TPSA) is 65.4 Å². The summed E-state index contributed by atoms with van der Waals surface area (Å²) in [5.41, 5.74) is 5.56. The van der Waals surface area contributed by atoms with E-state index in [4.69, 9.17) is 0 Å². The Labute approximate surface area is 144 Å². The highest BCUT2D eigenvalue weighted by atomic mass is 15.0. The highest BCUT2D eigenvalue weighted by Gasteiger charge is 2.13. The zero-order valence-corrected chi connectivity index (χ0v) is 13.2. The van der Waals surface area contributed by atoms with Gasteiger partial charge in [0, 0.05) is 11.3 Å². The molecule has 0 saturated carbocycles. The van der Waals surface area contributed by atoms with E-state index in [0.29, 0.717) is 11.1 Å². The van der Waals surface area contributed by atoms with Crippen LogP contribution >= 0.6 is 0 Å². The van der Waals surface area contributed by atoms with Crippen molar-refractivity contribution in [1.82, 2.24) is 9.55 Å². The Morgan fingerprint density at radius 2 is 1.60 bits per heavy atom. The third-order valence-electron chi connectivity index (χ3n) is 4.11. The molecule has 0 spiro atoms. The molecule has 116 valence electrons. The number of aromatic nitrogens is 2. The van der Waals surface area contributed by atoms with E-state index in [1.165, 1.54) is 0 Å². The van der Waals surface area contributed by atoms with E-state index in [9.17, 15) is 10.5 Å². The summed E-state index contributed by atoms with van der Waals surface area (Å²) in [6.45, 7) is 0. The van der Waals surface area contributed by atoms with Crippen LogP contribution in [0.3, 0.4) is 0 Å². The number of para-hydroxylation sites is 1. The SMILES string of the molecule is N#Cc1cccc(-c2cc(C#N)cc3ncn(-c4ccccc4)c23)c1. The van der Waals surface area contributed by atoms with E-state index in [-0.39, 0.29) is 0 Å². The maximum Gasteiger partial charge on any atom is 0.100 e. The summed E-state index contributed by atoms with van der Waals surface area (Å²) in [6, 6.07) is 25.3. The van der Waals surface area contributed by atoms with Gasteiger partial charge in [-0.05, 0) is 42.0 Å². The maximum absolute atomic E-state index is 9.36. The van der Waals surface area contributed by atoms with Crippen molar-refractivity contribution in [3.63, 3.8) is 0 Å². The van der Waals surface area contributed by atoms with E-state index < -0.39 is 0 Å². The van der Waals surface area contributed by atoms with Crippen LogP contribution < -0.4 is 0 Å². The smallest absolute Gasteiger partial charge is 0.100 e. The number of rotatable bonds is 2. The average molecular weight is 320 g/mol. The molecule has 4 heteroatoms. The third-order valence-corrected chi connectivity index (χ3v) is 4.11. The Balaban J connectivity index is 2.06. The van der Waals surface area contributed by atoms with Gasteiger partial charge in [0.15, 0.2) is 0 Å². The fourth-order valence-electron chi connectivity index (χ4n) is 2.97. The van der Waals surface area contributed by atoms with Crippen molar-refractivity contribution >= 4 is 11.0 Å². The van der Waals surface area contributed by atoms with E-state index >= 15 is 0 Å². The zero-order chi connectivity index (χ0) is 17.2. The number of nitrogens with zero attached hydrogens (tertiary/aromatic N) is 4. The van der Waals surface area contributed by atoms with Gasteiger partial charge in [0.05, 0.1) is 34.3 Å². The minimum absolute atomic E-state index is 0.545. The Kier molecular flexibility index (Phi) is 3.50. The van der Waals surface area contributed by atoms with Crippen LogP contribution in [-0.4, -0.2) is 9.55 Å². The van der Waals surface area contributed by atoms with Crippen molar-refractivity contribution < 1.29 is 0 Å². The molecule has 0 unspecified atom stereocenters. The van der Waals surface area contributed by atoms with Crippen LogP contribution in [0, 0.1) is 22.7 Å². The van der Waals surface area contributed by atoms with Crippen molar-refractivity contribution in [2.75, 3.05) is 0 Å². The first-order valence-corrected chi connectivity index (χ1v) is 7.77. The van der Waals surface area contributed by atoms with Crippen LogP contribution in [0.2, 0.25) is 0 Å². The number of nitriles is 2. The predicted octanol–water partition coefficient (Wildman–Crippen LogP) is 4.44. The lowest BCUT2D eigenvalue weighted by molar-refractivity contribution is 1.09. The number of hydrogen-bond donors (Lipinski definition) is 0. The molecule has 25 heavy (non-hydrogen) atoms. The standard InChI is InChI=1S/C21H12N4/c22-12-15-5-4-6-17(9-15)19-10-16(13-23)11-20-21(19)25(14-24-20)18-7-2-1-3-8-18/h1-11,14H. The molecule has 0 aliphatic heterocycles. The molecule has 0 atom stereocenters. The second kappa shape index (κ2) is 5.96. The molecule has 1 aromatic heterocycles. The molecule has 0 saturated heterocycles. The minimum Gasteiger partial charge on any atom is -0.298 e. The number of fused-ring (bicyclic) bond motifs is 1. The quantitative estimate of drug-likeness (QED) is 0.548. The Hall–Kier alpha value is -3.89. The zero-order valence-electron chi connectivity index (χ0n) is 13.2. The summed E-state index contributed by atoms with van der Waals surface area (Å²) in [5, 5.41) is 18.6. The summed E-state index contributed by atoms with van der Waals surface area (Å²) in [7, 11) is 0. The first-order valence-electron chi connectivity index (χ1n) is 7.77. The summed E-state index contributed by atoms with van der Waals surface area (Å²) in [5.74, 6) is 0. The lowest BCUT2D eigenvalue weighted by atomic mass is 9.99. The molecule has 4 rings (SSSR count). The van der Waals surface area contributed by atoms with Crippen LogP contribution in [-0.2, 0) is 0 Å². The molecule has 3 aromatic carbocycles. The first kappa shape index (κ1) is 14.7. The van der Waals surface area contributed by atoms with Gasteiger partial charge in [0.25, 0.3) is 0 Å². The predicted molar refractivity (Wildman–Crippen MR) is 95.9 cm³/mol. The van der Waals surface area contributed by atoms with Crippen molar-refractivity contribution in [3.05, 3.63) is 84.2 Å². The second-order valence-corrected chi connectivity index (χ2v) is 5.65. The van der Waals surface area contributed by atoms with Crippen LogP contribution in [0.5, 0.6) is 0 Å². The summed E-state index contributed by atoms with van der Waals surface area (Å²) < 4.78 is 2.00. The highest BCUT2D eigenvalue weighted by Crippen LogP contribution is 2.32. The van der Waals surface area contributed by atoms with Crippen molar-refractivity contribution in [1.29, 1.82) is 10.5 Å². The summed E-state index contributed by atoms with van der Waals surface area (Å²) in [6.07, 6.45) is 1.76. The second-order valence-electron chi connectivity index (χ2n) is 5.65. The third kappa shape index (κ3) is 2.52. The molecule has 0 fully saturated rings. The molecule has 0 bridgehead atoms. The molecule has 0 amide bonds. The minimum atomic E-state index is 0.545. The van der Waals surface area contributed by atoms with E-state index in [1.807, 2.05) is 59.2 Å². The molecule has 0 aliphatic rings. The maximum atomic E-state index is 9.36. The van der Waals surface area contributed by atoms with Gasteiger partial charge in [-0.2, -0.15) is 10.5 Å². The summed E-state index contributed by atoms with van der Waals surface area (Å²) in [4.78, 5) is 4.48. The molecule has 0 aliphatic carbocycles. The average Bonchev–Trinajstić information content (AvgIpc) is 3.12. The molecule has 1 heterocycles. The van der Waals surface area contributed by atoms with Crippen LogP contribution in [0.15, 0.2) is 73.1 Å². The van der Waals surface area contributed by atoms with E-state index in [2.05, 4.69) is 17.1 Å². The first-order chi connectivity index (χ1) is 12.3. The van der Waals surface area contributed by atoms with Crippen LogP contribution in [0.25, 0.3) is 27.8 Å². The van der Waals surface area contributed by atoms with Gasteiger partial charge in [-0.1, -0.05) is 30.3 Å².